The van der Waals surface area contributed by atoms with Gasteiger partial charge in [0.2, 0.25) is 5.91 Å². The highest BCUT2D eigenvalue weighted by Gasteiger charge is 2.22. The summed E-state index contributed by atoms with van der Waals surface area (Å²) in [5.41, 5.74) is 6.05. The van der Waals surface area contributed by atoms with Gasteiger partial charge in [0.15, 0.2) is 0 Å². The van der Waals surface area contributed by atoms with Gasteiger partial charge >= 0.3 is 0 Å². The monoisotopic (exact) mass is 278 g/mol. The van der Waals surface area contributed by atoms with E-state index < -0.39 is 0 Å². The third kappa shape index (κ3) is 3.57. The lowest BCUT2D eigenvalue weighted by Gasteiger charge is -2.23. The maximum absolute atomic E-state index is 11.8. The van der Waals surface area contributed by atoms with Crippen molar-refractivity contribution in [2.45, 2.75) is 25.8 Å². The first kappa shape index (κ1) is 13.6. The van der Waals surface area contributed by atoms with Gasteiger partial charge in [-0.25, -0.2) is 0 Å². The number of thiophene rings is 1. The quantitative estimate of drug-likeness (QED) is 0.873. The van der Waals surface area contributed by atoms with Gasteiger partial charge in [0.1, 0.15) is 6.54 Å². The fraction of sp³-hybridized carbons (Fsp3) is 0.385. The summed E-state index contributed by atoms with van der Waals surface area (Å²) in [5.74, 6) is -0.0623. The Bertz CT molecular complexity index is 545. The van der Waals surface area contributed by atoms with Crippen LogP contribution >= 0.6 is 11.3 Å². The van der Waals surface area contributed by atoms with E-state index in [0.717, 1.165) is 0 Å². The van der Waals surface area contributed by atoms with Gasteiger partial charge in [0, 0.05) is 23.0 Å². The Kier molecular flexibility index (Phi) is 3.90. The lowest BCUT2D eigenvalue weighted by atomic mass is 9.91. The lowest BCUT2D eigenvalue weighted by Crippen LogP contribution is -2.37. The van der Waals surface area contributed by atoms with Crippen LogP contribution in [0.1, 0.15) is 18.7 Å². The van der Waals surface area contributed by atoms with E-state index in [1.54, 1.807) is 17.5 Å². The summed E-state index contributed by atoms with van der Waals surface area (Å²) >= 11 is 1.70. The zero-order chi connectivity index (χ0) is 13.9. The van der Waals surface area contributed by atoms with E-state index in [-0.39, 0.29) is 17.9 Å². The first-order valence-electron chi connectivity index (χ1n) is 6.06. The van der Waals surface area contributed by atoms with Crippen molar-refractivity contribution in [3.8, 4) is 0 Å². The Hall–Kier alpha value is -1.82. The number of anilines is 1. The fourth-order valence-corrected chi connectivity index (χ4v) is 2.59. The minimum absolute atomic E-state index is 0.0623. The molecule has 19 heavy (non-hydrogen) atoms. The van der Waals surface area contributed by atoms with Crippen LogP contribution < -0.4 is 11.1 Å². The third-order valence-corrected chi connectivity index (χ3v) is 4.11. The van der Waals surface area contributed by atoms with Crippen LogP contribution in [-0.2, 0) is 16.8 Å². The predicted molar refractivity (Wildman–Crippen MR) is 77.0 cm³/mol. The first-order valence-corrected chi connectivity index (χ1v) is 6.94. The zero-order valence-electron chi connectivity index (χ0n) is 11.1. The number of hydrogen-bond donors (Lipinski definition) is 2. The predicted octanol–water partition coefficient (Wildman–Crippen LogP) is 1.62. The molecule has 0 spiro atoms. The number of rotatable bonds is 5. The number of amides is 1. The van der Waals surface area contributed by atoms with Gasteiger partial charge in [0.05, 0.1) is 11.9 Å². The highest BCUT2D eigenvalue weighted by Crippen LogP contribution is 2.26. The summed E-state index contributed by atoms with van der Waals surface area (Å²) in [5, 5.41) is 8.97. The Morgan fingerprint density at radius 1 is 1.58 bits per heavy atom. The van der Waals surface area contributed by atoms with Crippen molar-refractivity contribution in [1.29, 1.82) is 0 Å². The maximum atomic E-state index is 11.8. The van der Waals surface area contributed by atoms with Gasteiger partial charge in [-0.3, -0.25) is 9.48 Å². The number of nitrogen functional groups attached to an aromatic ring is 1. The molecular weight excluding hydrogens is 260 g/mol. The van der Waals surface area contributed by atoms with Crippen LogP contribution in [0.5, 0.6) is 0 Å². The summed E-state index contributed by atoms with van der Waals surface area (Å²) in [6.07, 6.45) is 3.17. The molecule has 0 bridgehead atoms. The van der Waals surface area contributed by atoms with Gasteiger partial charge in [-0.05, 0) is 11.4 Å². The normalized spacial score (nSPS) is 11.5. The Morgan fingerprint density at radius 2 is 2.37 bits per heavy atom. The molecule has 0 saturated carbocycles. The Balaban J connectivity index is 1.87. The second-order valence-corrected chi connectivity index (χ2v) is 6.06. The number of carbonyl (C=O) groups is 1. The number of nitrogens with one attached hydrogen (secondary N) is 1. The molecular formula is C13H18N4OS. The van der Waals surface area contributed by atoms with Gasteiger partial charge < -0.3 is 11.1 Å². The molecule has 5 nitrogen and oxygen atoms in total. The minimum Gasteiger partial charge on any atom is -0.396 e. The van der Waals surface area contributed by atoms with Gasteiger partial charge in [-0.1, -0.05) is 19.9 Å². The van der Waals surface area contributed by atoms with Gasteiger partial charge in [0.25, 0.3) is 0 Å². The number of carbonyl (C=O) groups excluding carboxylic acids is 1. The van der Waals surface area contributed by atoms with Crippen LogP contribution in [-0.4, -0.2) is 22.2 Å². The second-order valence-electron chi connectivity index (χ2n) is 5.11. The smallest absolute Gasteiger partial charge is 0.241 e. The summed E-state index contributed by atoms with van der Waals surface area (Å²) in [4.78, 5) is 13.1. The molecule has 6 heteroatoms. The average Bonchev–Trinajstić information content (AvgIpc) is 2.98. The molecule has 0 saturated heterocycles. The standard InChI is InChI=1S/C13H18N4OS/c1-13(2,11-4-3-5-19-11)9-15-12(18)8-17-7-10(14)6-16-17/h3-7H,8-9,14H2,1-2H3,(H,15,18). The van der Waals surface area contributed by atoms with Gasteiger partial charge in [-0.15, -0.1) is 11.3 Å². The molecule has 3 N–H and O–H groups in total. The van der Waals surface area contributed by atoms with Crippen LogP contribution in [0.25, 0.3) is 0 Å². The number of hydrogen-bond acceptors (Lipinski definition) is 4. The van der Waals surface area contributed by atoms with Crippen LogP contribution in [0, 0.1) is 0 Å². The zero-order valence-corrected chi connectivity index (χ0v) is 11.9. The number of aromatic nitrogens is 2. The summed E-state index contributed by atoms with van der Waals surface area (Å²) in [6.45, 7) is 5.02. The molecule has 2 rings (SSSR count). The highest BCUT2D eigenvalue weighted by atomic mass is 32.1. The fourth-order valence-electron chi connectivity index (χ4n) is 1.74. The topological polar surface area (TPSA) is 72.9 Å². The highest BCUT2D eigenvalue weighted by molar-refractivity contribution is 7.10. The molecule has 102 valence electrons. The van der Waals surface area contributed by atoms with Crippen molar-refractivity contribution >= 4 is 22.9 Å². The number of nitrogens with two attached hydrogens (primary N) is 1. The van der Waals surface area contributed by atoms with E-state index in [2.05, 4.69) is 30.3 Å². The molecule has 2 heterocycles. The van der Waals surface area contributed by atoms with Crippen molar-refractivity contribution in [3.63, 3.8) is 0 Å². The molecule has 2 aromatic heterocycles. The molecule has 0 fully saturated rings. The third-order valence-electron chi connectivity index (χ3n) is 2.87. The Labute approximate surface area is 116 Å². The van der Waals surface area contributed by atoms with E-state index in [1.807, 2.05) is 11.4 Å². The molecule has 0 aliphatic carbocycles. The molecule has 2 aromatic rings. The molecule has 0 radical (unpaired) electrons. The molecule has 1 amide bonds. The van der Waals surface area contributed by atoms with Crippen molar-refractivity contribution in [2.24, 2.45) is 0 Å². The van der Waals surface area contributed by atoms with Crippen molar-refractivity contribution < 1.29 is 4.79 Å². The molecule has 0 aliphatic heterocycles. The van der Waals surface area contributed by atoms with Crippen LogP contribution in [0.4, 0.5) is 5.69 Å². The Morgan fingerprint density at radius 3 is 2.95 bits per heavy atom. The van der Waals surface area contributed by atoms with Crippen molar-refractivity contribution in [2.75, 3.05) is 12.3 Å². The summed E-state index contributed by atoms with van der Waals surface area (Å²) < 4.78 is 1.53. The van der Waals surface area contributed by atoms with E-state index in [4.69, 9.17) is 5.73 Å². The van der Waals surface area contributed by atoms with Crippen molar-refractivity contribution in [1.82, 2.24) is 15.1 Å². The second kappa shape index (κ2) is 5.44. The lowest BCUT2D eigenvalue weighted by molar-refractivity contribution is -0.122. The minimum atomic E-state index is -0.0625. The van der Waals surface area contributed by atoms with Crippen LogP contribution in [0.3, 0.4) is 0 Å². The number of nitrogens with zero attached hydrogens (tertiary/aromatic N) is 2. The average molecular weight is 278 g/mol. The molecule has 0 aliphatic rings. The van der Waals surface area contributed by atoms with Crippen LogP contribution in [0.2, 0.25) is 0 Å². The molecule has 0 unspecified atom stereocenters. The molecule has 0 atom stereocenters. The van der Waals surface area contributed by atoms with Crippen molar-refractivity contribution in [3.05, 3.63) is 34.8 Å². The van der Waals surface area contributed by atoms with E-state index in [9.17, 15) is 4.79 Å². The largest absolute Gasteiger partial charge is 0.396 e. The van der Waals surface area contributed by atoms with E-state index in [0.29, 0.717) is 12.2 Å². The SMILES string of the molecule is CC(C)(CNC(=O)Cn1cc(N)cn1)c1cccs1. The summed E-state index contributed by atoms with van der Waals surface area (Å²) in [7, 11) is 0. The molecule has 0 aromatic carbocycles. The summed E-state index contributed by atoms with van der Waals surface area (Å²) in [6, 6.07) is 4.11. The van der Waals surface area contributed by atoms with Gasteiger partial charge in [-0.2, -0.15) is 5.10 Å². The first-order chi connectivity index (χ1) is 8.97. The van der Waals surface area contributed by atoms with Crippen LogP contribution in [0.15, 0.2) is 29.9 Å². The maximum Gasteiger partial charge on any atom is 0.241 e. The van der Waals surface area contributed by atoms with E-state index >= 15 is 0 Å². The van der Waals surface area contributed by atoms with E-state index in [1.165, 1.54) is 15.8 Å².